The molecule has 0 radical (unpaired) electrons. The van der Waals surface area contributed by atoms with Crippen LogP contribution in [0.4, 0.5) is 5.95 Å². The fourth-order valence-corrected chi connectivity index (χ4v) is 1.90. The molecule has 0 spiro atoms. The second kappa shape index (κ2) is 5.26. The molecular formula is C11H15N5OS. The first-order valence-electron chi connectivity index (χ1n) is 5.73. The number of thiocarbonyl (C=S) groups is 1. The molecule has 0 saturated carbocycles. The van der Waals surface area contributed by atoms with Gasteiger partial charge in [0.1, 0.15) is 10.7 Å². The SMILES string of the molecule is Cc1cc(C(N)=S)nc(N2CCCNC(=O)C2)n1. The first-order valence-corrected chi connectivity index (χ1v) is 6.14. The van der Waals surface area contributed by atoms with Crippen molar-refractivity contribution in [2.45, 2.75) is 13.3 Å². The molecule has 0 bridgehead atoms. The number of amides is 1. The van der Waals surface area contributed by atoms with Crippen molar-refractivity contribution in [3.8, 4) is 0 Å². The summed E-state index contributed by atoms with van der Waals surface area (Å²) in [6.07, 6.45) is 0.867. The Kier molecular flexibility index (Phi) is 3.71. The summed E-state index contributed by atoms with van der Waals surface area (Å²) in [5, 5.41) is 2.81. The van der Waals surface area contributed by atoms with Crippen LogP contribution >= 0.6 is 12.2 Å². The minimum Gasteiger partial charge on any atom is -0.388 e. The molecule has 1 aromatic heterocycles. The van der Waals surface area contributed by atoms with E-state index in [4.69, 9.17) is 18.0 Å². The van der Waals surface area contributed by atoms with E-state index in [0.29, 0.717) is 18.2 Å². The van der Waals surface area contributed by atoms with Crippen LogP contribution in [0.3, 0.4) is 0 Å². The first kappa shape index (κ1) is 12.7. The van der Waals surface area contributed by atoms with Gasteiger partial charge in [-0.25, -0.2) is 9.97 Å². The molecule has 0 aromatic carbocycles. The highest BCUT2D eigenvalue weighted by Crippen LogP contribution is 2.12. The van der Waals surface area contributed by atoms with Gasteiger partial charge in [-0.05, 0) is 19.4 Å². The van der Waals surface area contributed by atoms with Gasteiger partial charge in [-0.1, -0.05) is 12.2 Å². The molecule has 1 aliphatic rings. The van der Waals surface area contributed by atoms with E-state index in [1.807, 2.05) is 11.8 Å². The standard InChI is InChI=1S/C11H15N5OS/c1-7-5-8(10(12)18)15-11(14-7)16-4-2-3-13-9(17)6-16/h5H,2-4,6H2,1H3,(H2,12,18)(H,13,17). The molecule has 0 aliphatic carbocycles. The molecular weight excluding hydrogens is 250 g/mol. The van der Waals surface area contributed by atoms with Crippen LogP contribution in [0.5, 0.6) is 0 Å². The Morgan fingerprint density at radius 1 is 1.56 bits per heavy atom. The number of anilines is 1. The quantitative estimate of drug-likeness (QED) is 0.717. The van der Waals surface area contributed by atoms with Crippen molar-refractivity contribution in [2.24, 2.45) is 5.73 Å². The van der Waals surface area contributed by atoms with Gasteiger partial charge in [0.2, 0.25) is 11.9 Å². The van der Waals surface area contributed by atoms with Crippen molar-refractivity contribution in [2.75, 3.05) is 24.5 Å². The zero-order chi connectivity index (χ0) is 13.1. The highest BCUT2D eigenvalue weighted by Gasteiger charge is 2.18. The molecule has 1 amide bonds. The van der Waals surface area contributed by atoms with Gasteiger partial charge in [0.15, 0.2) is 0 Å². The maximum atomic E-state index is 11.5. The number of carbonyl (C=O) groups excluding carboxylic acids is 1. The summed E-state index contributed by atoms with van der Waals surface area (Å²) < 4.78 is 0. The monoisotopic (exact) mass is 265 g/mol. The Bertz CT molecular complexity index is 490. The van der Waals surface area contributed by atoms with Crippen molar-refractivity contribution < 1.29 is 4.79 Å². The topological polar surface area (TPSA) is 84.1 Å². The van der Waals surface area contributed by atoms with E-state index in [1.165, 1.54) is 0 Å². The van der Waals surface area contributed by atoms with Crippen LogP contribution in [0, 0.1) is 6.92 Å². The minimum atomic E-state index is -0.0190. The molecule has 2 heterocycles. The fraction of sp³-hybridized carbons (Fsp3) is 0.455. The summed E-state index contributed by atoms with van der Waals surface area (Å²) in [6, 6.07) is 1.74. The molecule has 6 nitrogen and oxygen atoms in total. The number of nitrogens with zero attached hydrogens (tertiary/aromatic N) is 3. The van der Waals surface area contributed by atoms with Gasteiger partial charge in [0.25, 0.3) is 0 Å². The molecule has 7 heteroatoms. The van der Waals surface area contributed by atoms with Crippen molar-refractivity contribution in [3.05, 3.63) is 17.5 Å². The Morgan fingerprint density at radius 2 is 2.33 bits per heavy atom. The maximum absolute atomic E-state index is 11.5. The van der Waals surface area contributed by atoms with Crippen molar-refractivity contribution >= 4 is 29.1 Å². The van der Waals surface area contributed by atoms with Crippen LogP contribution in [0.2, 0.25) is 0 Å². The summed E-state index contributed by atoms with van der Waals surface area (Å²) >= 11 is 4.92. The van der Waals surface area contributed by atoms with Crippen molar-refractivity contribution in [1.29, 1.82) is 0 Å². The normalized spacial score (nSPS) is 16.1. The highest BCUT2D eigenvalue weighted by atomic mass is 32.1. The largest absolute Gasteiger partial charge is 0.388 e. The molecule has 3 N–H and O–H groups in total. The molecule has 1 fully saturated rings. The van der Waals surface area contributed by atoms with E-state index in [1.54, 1.807) is 6.07 Å². The molecule has 2 rings (SSSR count). The lowest BCUT2D eigenvalue weighted by atomic mass is 10.3. The number of carbonyl (C=O) groups is 1. The summed E-state index contributed by atoms with van der Waals surface area (Å²) in [7, 11) is 0. The van der Waals surface area contributed by atoms with E-state index < -0.39 is 0 Å². The Balaban J connectivity index is 2.31. The number of nitrogens with one attached hydrogen (secondary N) is 1. The average molecular weight is 265 g/mol. The van der Waals surface area contributed by atoms with Gasteiger partial charge in [0, 0.05) is 18.8 Å². The Labute approximate surface area is 111 Å². The van der Waals surface area contributed by atoms with Crippen LogP contribution in [0.1, 0.15) is 17.8 Å². The summed E-state index contributed by atoms with van der Waals surface area (Å²) in [5.74, 6) is 0.490. The number of nitrogens with two attached hydrogens (primary N) is 1. The van der Waals surface area contributed by atoms with E-state index in [-0.39, 0.29) is 17.4 Å². The third-order valence-corrected chi connectivity index (χ3v) is 2.85. The number of aromatic nitrogens is 2. The lowest BCUT2D eigenvalue weighted by Gasteiger charge is -2.19. The third kappa shape index (κ3) is 2.92. The number of hydrogen-bond donors (Lipinski definition) is 2. The van der Waals surface area contributed by atoms with Gasteiger partial charge in [-0.15, -0.1) is 0 Å². The van der Waals surface area contributed by atoms with E-state index in [2.05, 4.69) is 15.3 Å². The third-order valence-electron chi connectivity index (χ3n) is 2.64. The van der Waals surface area contributed by atoms with E-state index in [9.17, 15) is 4.79 Å². The molecule has 1 saturated heterocycles. The van der Waals surface area contributed by atoms with Crippen LogP contribution < -0.4 is 16.0 Å². The van der Waals surface area contributed by atoms with Crippen LogP contribution in [0.15, 0.2) is 6.07 Å². The van der Waals surface area contributed by atoms with Crippen LogP contribution in [0.25, 0.3) is 0 Å². The van der Waals surface area contributed by atoms with Gasteiger partial charge in [0.05, 0.1) is 6.54 Å². The lowest BCUT2D eigenvalue weighted by Crippen LogP contribution is -2.34. The summed E-state index contributed by atoms with van der Waals surface area (Å²) in [6.45, 7) is 3.54. The predicted octanol–water partition coefficient (Wildman–Crippen LogP) is -0.254. The molecule has 96 valence electrons. The number of hydrogen-bond acceptors (Lipinski definition) is 5. The second-order valence-electron chi connectivity index (χ2n) is 4.18. The number of rotatable bonds is 2. The molecule has 0 unspecified atom stereocenters. The van der Waals surface area contributed by atoms with E-state index in [0.717, 1.165) is 18.7 Å². The Hall–Kier alpha value is -1.76. The zero-order valence-electron chi connectivity index (χ0n) is 10.1. The first-order chi connectivity index (χ1) is 8.56. The lowest BCUT2D eigenvalue weighted by molar-refractivity contribution is -0.119. The van der Waals surface area contributed by atoms with Crippen molar-refractivity contribution in [1.82, 2.24) is 15.3 Å². The fourth-order valence-electron chi connectivity index (χ4n) is 1.80. The Morgan fingerprint density at radius 3 is 3.06 bits per heavy atom. The predicted molar refractivity (Wildman–Crippen MR) is 72.5 cm³/mol. The number of aryl methyl sites for hydroxylation is 1. The van der Waals surface area contributed by atoms with Gasteiger partial charge < -0.3 is 16.0 Å². The second-order valence-corrected chi connectivity index (χ2v) is 4.62. The summed E-state index contributed by atoms with van der Waals surface area (Å²) in [5.41, 5.74) is 6.91. The smallest absolute Gasteiger partial charge is 0.239 e. The molecule has 1 aromatic rings. The average Bonchev–Trinajstić information content (AvgIpc) is 2.53. The van der Waals surface area contributed by atoms with Gasteiger partial charge in [-0.3, -0.25) is 4.79 Å². The van der Waals surface area contributed by atoms with Crippen LogP contribution in [-0.4, -0.2) is 40.5 Å². The molecule has 0 atom stereocenters. The zero-order valence-corrected chi connectivity index (χ0v) is 11.0. The molecule has 1 aliphatic heterocycles. The van der Waals surface area contributed by atoms with Gasteiger partial charge >= 0.3 is 0 Å². The molecule has 18 heavy (non-hydrogen) atoms. The van der Waals surface area contributed by atoms with Crippen LogP contribution in [-0.2, 0) is 4.79 Å². The van der Waals surface area contributed by atoms with Crippen molar-refractivity contribution in [3.63, 3.8) is 0 Å². The van der Waals surface area contributed by atoms with Gasteiger partial charge in [-0.2, -0.15) is 0 Å². The minimum absolute atomic E-state index is 0.0190. The van der Waals surface area contributed by atoms with E-state index >= 15 is 0 Å². The summed E-state index contributed by atoms with van der Waals surface area (Å²) in [4.78, 5) is 22.2. The highest BCUT2D eigenvalue weighted by molar-refractivity contribution is 7.80. The maximum Gasteiger partial charge on any atom is 0.239 e.